The number of rotatable bonds is 3. The first-order valence-corrected chi connectivity index (χ1v) is 8.59. The van der Waals surface area contributed by atoms with E-state index in [4.69, 9.17) is 4.74 Å². The Kier molecular flexibility index (Phi) is 5.49. The highest BCUT2D eigenvalue weighted by atomic mass is 35.5. The van der Waals surface area contributed by atoms with Gasteiger partial charge in [0.25, 0.3) is 5.91 Å². The molecule has 0 radical (unpaired) electrons. The Labute approximate surface area is 158 Å². The first-order chi connectivity index (χ1) is 12.2. The molecule has 2 aromatic rings. The van der Waals surface area contributed by atoms with E-state index in [1.54, 1.807) is 0 Å². The van der Waals surface area contributed by atoms with E-state index in [1.807, 2.05) is 23.1 Å². The fraction of sp³-hybridized carbons (Fsp3) is 0.350. The molecule has 1 amide bonds. The standard InChI is InChI=1S/C20H21FN2O2.ClH/c1-25-18-9-15(21)7-8-16(18)20(24)23-12-14-10-22-11-17(14)19(23)13-5-3-2-4-6-13;/h2-9,14,17,19,22H,10-12H2,1H3;1H/t14-,17-,19+;/m0./s1. The molecule has 1 N–H and O–H groups in total. The van der Waals surface area contributed by atoms with Gasteiger partial charge in [-0.15, -0.1) is 12.4 Å². The van der Waals surface area contributed by atoms with E-state index in [1.165, 1.54) is 25.3 Å². The van der Waals surface area contributed by atoms with Crippen LogP contribution in [0.25, 0.3) is 0 Å². The van der Waals surface area contributed by atoms with Gasteiger partial charge in [-0.1, -0.05) is 30.3 Å². The van der Waals surface area contributed by atoms with Crippen molar-refractivity contribution in [2.45, 2.75) is 6.04 Å². The number of methoxy groups -OCH3 is 1. The molecule has 26 heavy (non-hydrogen) atoms. The van der Waals surface area contributed by atoms with Crippen LogP contribution in [-0.2, 0) is 0 Å². The minimum absolute atomic E-state index is 0. The summed E-state index contributed by atoms with van der Waals surface area (Å²) in [6.07, 6.45) is 0. The maximum Gasteiger partial charge on any atom is 0.258 e. The summed E-state index contributed by atoms with van der Waals surface area (Å²) in [5.74, 6) is 0.626. The molecule has 2 aliphatic rings. The van der Waals surface area contributed by atoms with Crippen molar-refractivity contribution >= 4 is 18.3 Å². The van der Waals surface area contributed by atoms with Gasteiger partial charge in [0.1, 0.15) is 11.6 Å². The van der Waals surface area contributed by atoms with Crippen LogP contribution < -0.4 is 10.1 Å². The Morgan fingerprint density at radius 2 is 1.96 bits per heavy atom. The van der Waals surface area contributed by atoms with Crippen molar-refractivity contribution in [1.29, 1.82) is 0 Å². The average molecular weight is 377 g/mol. The summed E-state index contributed by atoms with van der Waals surface area (Å²) < 4.78 is 18.7. The number of fused-ring (bicyclic) bond motifs is 1. The quantitative estimate of drug-likeness (QED) is 0.893. The monoisotopic (exact) mass is 376 g/mol. The normalized spacial score (nSPS) is 24.1. The van der Waals surface area contributed by atoms with Crippen molar-refractivity contribution in [2.24, 2.45) is 11.8 Å². The van der Waals surface area contributed by atoms with Gasteiger partial charge in [0, 0.05) is 31.6 Å². The van der Waals surface area contributed by atoms with E-state index in [0.29, 0.717) is 23.9 Å². The number of carbonyl (C=O) groups is 1. The summed E-state index contributed by atoms with van der Waals surface area (Å²) in [5.41, 5.74) is 1.56. The highest BCUT2D eigenvalue weighted by Crippen LogP contribution is 2.43. The van der Waals surface area contributed by atoms with Gasteiger partial charge in [-0.2, -0.15) is 0 Å². The van der Waals surface area contributed by atoms with Crippen LogP contribution >= 0.6 is 12.4 Å². The Hall–Kier alpha value is -2.11. The smallest absolute Gasteiger partial charge is 0.258 e. The van der Waals surface area contributed by atoms with Gasteiger partial charge in [-0.3, -0.25) is 4.79 Å². The van der Waals surface area contributed by atoms with Crippen LogP contribution in [0.1, 0.15) is 22.0 Å². The minimum Gasteiger partial charge on any atom is -0.496 e. The van der Waals surface area contributed by atoms with Crippen LogP contribution in [0.15, 0.2) is 48.5 Å². The molecule has 4 rings (SSSR count). The average Bonchev–Trinajstić information content (AvgIpc) is 3.22. The number of hydrogen-bond donors (Lipinski definition) is 1. The van der Waals surface area contributed by atoms with Gasteiger partial charge in [-0.05, 0) is 23.6 Å². The van der Waals surface area contributed by atoms with E-state index in [9.17, 15) is 9.18 Å². The second-order valence-electron chi connectivity index (χ2n) is 6.74. The summed E-state index contributed by atoms with van der Waals surface area (Å²) in [6, 6.07) is 14.3. The Bertz CT molecular complexity index is 787. The van der Waals surface area contributed by atoms with Crippen LogP contribution in [0.2, 0.25) is 0 Å². The highest BCUT2D eigenvalue weighted by Gasteiger charge is 2.47. The Balaban J connectivity index is 0.00000196. The molecule has 2 aromatic carbocycles. The fourth-order valence-electron chi connectivity index (χ4n) is 4.20. The molecule has 0 unspecified atom stereocenters. The second-order valence-corrected chi connectivity index (χ2v) is 6.74. The van der Waals surface area contributed by atoms with Crippen LogP contribution in [0.3, 0.4) is 0 Å². The predicted octanol–water partition coefficient (Wildman–Crippen LogP) is 3.29. The molecule has 0 saturated carbocycles. The van der Waals surface area contributed by atoms with Crippen LogP contribution in [0.5, 0.6) is 5.75 Å². The van der Waals surface area contributed by atoms with Crippen molar-refractivity contribution in [3.05, 3.63) is 65.5 Å². The zero-order chi connectivity index (χ0) is 17.4. The van der Waals surface area contributed by atoms with E-state index in [0.717, 1.165) is 18.7 Å². The maximum absolute atomic E-state index is 13.5. The minimum atomic E-state index is -0.407. The van der Waals surface area contributed by atoms with Gasteiger partial charge in [0.2, 0.25) is 0 Å². The number of nitrogens with zero attached hydrogens (tertiary/aromatic N) is 1. The first-order valence-electron chi connectivity index (χ1n) is 8.59. The molecule has 138 valence electrons. The van der Waals surface area contributed by atoms with Gasteiger partial charge in [0.05, 0.1) is 18.7 Å². The van der Waals surface area contributed by atoms with E-state index < -0.39 is 5.82 Å². The Morgan fingerprint density at radius 1 is 1.19 bits per heavy atom. The number of nitrogens with one attached hydrogen (secondary N) is 1. The number of hydrogen-bond acceptors (Lipinski definition) is 3. The van der Waals surface area contributed by atoms with Crippen molar-refractivity contribution in [1.82, 2.24) is 10.2 Å². The second kappa shape index (κ2) is 7.64. The van der Waals surface area contributed by atoms with E-state index >= 15 is 0 Å². The predicted molar refractivity (Wildman–Crippen MR) is 100 cm³/mol. The van der Waals surface area contributed by atoms with Crippen LogP contribution in [0, 0.1) is 17.7 Å². The molecule has 2 fully saturated rings. The zero-order valence-electron chi connectivity index (χ0n) is 14.5. The molecule has 0 bridgehead atoms. The van der Waals surface area contributed by atoms with E-state index in [-0.39, 0.29) is 30.1 Å². The van der Waals surface area contributed by atoms with Gasteiger partial charge in [-0.25, -0.2) is 4.39 Å². The lowest BCUT2D eigenvalue weighted by atomic mass is 9.89. The third-order valence-electron chi connectivity index (χ3n) is 5.36. The Morgan fingerprint density at radius 3 is 2.69 bits per heavy atom. The molecule has 2 aliphatic heterocycles. The van der Waals surface area contributed by atoms with Gasteiger partial charge in [0.15, 0.2) is 0 Å². The number of carbonyl (C=O) groups excluding carboxylic acids is 1. The lowest BCUT2D eigenvalue weighted by Crippen LogP contribution is -2.34. The van der Waals surface area contributed by atoms with Gasteiger partial charge >= 0.3 is 0 Å². The number of halogens is 2. The molecule has 3 atom stereocenters. The molecular weight excluding hydrogens is 355 g/mol. The third-order valence-corrected chi connectivity index (χ3v) is 5.36. The van der Waals surface area contributed by atoms with Crippen molar-refractivity contribution in [2.75, 3.05) is 26.7 Å². The molecule has 0 aliphatic carbocycles. The lowest BCUT2D eigenvalue weighted by Gasteiger charge is -2.29. The molecule has 2 heterocycles. The SMILES string of the molecule is COc1cc(F)ccc1C(=O)N1C[C@@H]2CNC[C@@H]2[C@H]1c1ccccc1.Cl. The maximum atomic E-state index is 13.5. The van der Waals surface area contributed by atoms with Crippen LogP contribution in [0.4, 0.5) is 4.39 Å². The summed E-state index contributed by atoms with van der Waals surface area (Å²) >= 11 is 0. The summed E-state index contributed by atoms with van der Waals surface area (Å²) in [4.78, 5) is 15.2. The number of likely N-dealkylation sites (tertiary alicyclic amines) is 1. The summed E-state index contributed by atoms with van der Waals surface area (Å²) in [5, 5.41) is 3.44. The molecule has 4 nitrogen and oxygen atoms in total. The number of ether oxygens (including phenoxy) is 1. The number of amides is 1. The summed E-state index contributed by atoms with van der Waals surface area (Å²) in [7, 11) is 1.46. The lowest BCUT2D eigenvalue weighted by molar-refractivity contribution is 0.0710. The van der Waals surface area contributed by atoms with Crippen molar-refractivity contribution in [3.8, 4) is 5.75 Å². The largest absolute Gasteiger partial charge is 0.496 e. The van der Waals surface area contributed by atoms with Crippen LogP contribution in [-0.4, -0.2) is 37.6 Å². The summed E-state index contributed by atoms with van der Waals surface area (Å²) in [6.45, 7) is 2.55. The van der Waals surface area contributed by atoms with Gasteiger partial charge < -0.3 is 15.0 Å². The zero-order valence-corrected chi connectivity index (χ0v) is 15.3. The first kappa shape index (κ1) is 18.7. The molecular formula is C20H22ClFN2O2. The number of benzene rings is 2. The third kappa shape index (κ3) is 3.17. The molecule has 2 saturated heterocycles. The van der Waals surface area contributed by atoms with Crippen molar-refractivity contribution in [3.63, 3.8) is 0 Å². The molecule has 6 heteroatoms. The fourth-order valence-corrected chi connectivity index (χ4v) is 4.20. The molecule has 0 aromatic heterocycles. The molecule has 0 spiro atoms. The van der Waals surface area contributed by atoms with E-state index in [2.05, 4.69) is 17.4 Å². The van der Waals surface area contributed by atoms with Crippen molar-refractivity contribution < 1.29 is 13.9 Å². The highest BCUT2D eigenvalue weighted by molar-refractivity contribution is 5.97. The topological polar surface area (TPSA) is 41.6 Å².